The van der Waals surface area contributed by atoms with Crippen LogP contribution in [0.1, 0.15) is 16.4 Å². The number of rotatable bonds is 6. The molecule has 0 fully saturated rings. The quantitative estimate of drug-likeness (QED) is 0.438. The van der Waals surface area contributed by atoms with Crippen LogP contribution in [0.25, 0.3) is 5.69 Å². The molecule has 1 aromatic heterocycles. The SMILES string of the molecule is COc1ccccc1-n1cnnc1SC(c1ccccc1)c1ccccc1. The summed E-state index contributed by atoms with van der Waals surface area (Å²) in [4.78, 5) is 0. The molecule has 0 bridgehead atoms. The first-order valence-electron chi connectivity index (χ1n) is 8.67. The smallest absolute Gasteiger partial charge is 0.196 e. The molecule has 5 heteroatoms. The fourth-order valence-corrected chi connectivity index (χ4v) is 4.14. The number of aromatic nitrogens is 3. The molecular formula is C22H19N3OS. The summed E-state index contributed by atoms with van der Waals surface area (Å²) in [6.45, 7) is 0. The van der Waals surface area contributed by atoms with Gasteiger partial charge in [0.05, 0.1) is 18.0 Å². The molecule has 4 nitrogen and oxygen atoms in total. The molecule has 0 radical (unpaired) electrons. The average Bonchev–Trinajstić information content (AvgIpc) is 3.21. The summed E-state index contributed by atoms with van der Waals surface area (Å²) in [5, 5.41) is 9.46. The van der Waals surface area contributed by atoms with E-state index < -0.39 is 0 Å². The van der Waals surface area contributed by atoms with Gasteiger partial charge in [-0.2, -0.15) is 0 Å². The van der Waals surface area contributed by atoms with Crippen LogP contribution in [0.2, 0.25) is 0 Å². The monoisotopic (exact) mass is 373 g/mol. The van der Waals surface area contributed by atoms with Crippen LogP contribution in [0, 0.1) is 0 Å². The van der Waals surface area contributed by atoms with E-state index >= 15 is 0 Å². The minimum absolute atomic E-state index is 0.116. The van der Waals surface area contributed by atoms with Crippen molar-refractivity contribution in [3.8, 4) is 11.4 Å². The lowest BCUT2D eigenvalue weighted by molar-refractivity contribution is 0.412. The standard InChI is InChI=1S/C22H19N3OS/c1-26-20-15-9-8-14-19(20)25-16-23-24-22(25)27-21(17-10-4-2-5-11-17)18-12-6-3-7-13-18/h2-16,21H,1H3. The van der Waals surface area contributed by atoms with Crippen molar-refractivity contribution in [3.63, 3.8) is 0 Å². The third-order valence-electron chi connectivity index (χ3n) is 4.29. The Balaban J connectivity index is 1.75. The van der Waals surface area contributed by atoms with Crippen LogP contribution < -0.4 is 4.74 Å². The second-order valence-corrected chi connectivity index (χ2v) is 7.05. The van der Waals surface area contributed by atoms with Gasteiger partial charge < -0.3 is 4.74 Å². The molecule has 0 aliphatic rings. The lowest BCUT2D eigenvalue weighted by Crippen LogP contribution is -2.02. The molecule has 27 heavy (non-hydrogen) atoms. The number of ether oxygens (including phenoxy) is 1. The summed E-state index contributed by atoms with van der Waals surface area (Å²) < 4.78 is 7.49. The second kappa shape index (κ2) is 8.10. The molecule has 4 aromatic rings. The molecule has 3 aromatic carbocycles. The maximum Gasteiger partial charge on any atom is 0.196 e. The summed E-state index contributed by atoms with van der Waals surface area (Å²) >= 11 is 1.68. The van der Waals surface area contributed by atoms with Crippen LogP contribution in [0.3, 0.4) is 0 Å². The summed E-state index contributed by atoms with van der Waals surface area (Å²) in [5.74, 6) is 0.787. The number of para-hydroxylation sites is 2. The second-order valence-electron chi connectivity index (χ2n) is 5.97. The Hall–Kier alpha value is -3.05. The highest BCUT2D eigenvalue weighted by Gasteiger charge is 2.20. The highest BCUT2D eigenvalue weighted by Crippen LogP contribution is 2.40. The fourth-order valence-electron chi connectivity index (χ4n) is 2.99. The molecule has 0 aliphatic heterocycles. The van der Waals surface area contributed by atoms with Gasteiger partial charge in [-0.3, -0.25) is 4.57 Å². The van der Waals surface area contributed by atoms with Crippen molar-refractivity contribution in [2.75, 3.05) is 7.11 Å². The lowest BCUT2D eigenvalue weighted by Gasteiger charge is -2.18. The van der Waals surface area contributed by atoms with Gasteiger partial charge in [0, 0.05) is 0 Å². The molecule has 0 atom stereocenters. The molecule has 0 spiro atoms. The Morgan fingerprint density at radius 2 is 1.41 bits per heavy atom. The number of hydrogen-bond acceptors (Lipinski definition) is 4. The highest BCUT2D eigenvalue weighted by molar-refractivity contribution is 7.99. The molecule has 4 rings (SSSR count). The predicted octanol–water partition coefficient (Wildman–Crippen LogP) is 5.16. The summed E-state index contributed by atoms with van der Waals surface area (Å²) in [6, 6.07) is 28.8. The van der Waals surface area contributed by atoms with Crippen LogP contribution >= 0.6 is 11.8 Å². The highest BCUT2D eigenvalue weighted by atomic mass is 32.2. The third-order valence-corrected chi connectivity index (χ3v) is 5.56. The summed E-state index contributed by atoms with van der Waals surface area (Å²) in [6.07, 6.45) is 1.73. The molecule has 0 N–H and O–H groups in total. The van der Waals surface area contributed by atoms with E-state index in [-0.39, 0.29) is 5.25 Å². The Kier molecular flexibility index (Phi) is 5.21. The number of nitrogens with zero attached hydrogens (tertiary/aromatic N) is 3. The van der Waals surface area contributed by atoms with Crippen molar-refractivity contribution >= 4 is 11.8 Å². The Labute approximate surface area is 162 Å². The molecule has 0 saturated heterocycles. The fraction of sp³-hybridized carbons (Fsp3) is 0.0909. The first-order chi connectivity index (χ1) is 13.4. The topological polar surface area (TPSA) is 39.9 Å². The predicted molar refractivity (Wildman–Crippen MR) is 108 cm³/mol. The van der Waals surface area contributed by atoms with Crippen molar-refractivity contribution in [2.45, 2.75) is 10.4 Å². The number of methoxy groups -OCH3 is 1. The van der Waals surface area contributed by atoms with E-state index in [2.05, 4.69) is 58.7 Å². The number of benzene rings is 3. The van der Waals surface area contributed by atoms with E-state index in [9.17, 15) is 0 Å². The van der Waals surface area contributed by atoms with Crippen LogP contribution in [-0.4, -0.2) is 21.9 Å². The van der Waals surface area contributed by atoms with Crippen molar-refractivity contribution in [1.29, 1.82) is 0 Å². The van der Waals surface area contributed by atoms with Crippen LogP contribution in [0.4, 0.5) is 0 Å². The van der Waals surface area contributed by atoms with E-state index in [0.29, 0.717) is 0 Å². The molecule has 0 unspecified atom stereocenters. The maximum absolute atomic E-state index is 5.51. The average molecular weight is 373 g/mol. The van der Waals surface area contributed by atoms with Crippen molar-refractivity contribution in [2.24, 2.45) is 0 Å². The van der Waals surface area contributed by atoms with Gasteiger partial charge in [-0.25, -0.2) is 0 Å². The normalized spacial score (nSPS) is 10.9. The molecule has 0 aliphatic carbocycles. The van der Waals surface area contributed by atoms with Crippen molar-refractivity contribution in [3.05, 3.63) is 102 Å². The summed E-state index contributed by atoms with van der Waals surface area (Å²) in [7, 11) is 1.67. The van der Waals surface area contributed by atoms with E-state index in [4.69, 9.17) is 4.74 Å². The Morgan fingerprint density at radius 3 is 2.04 bits per heavy atom. The molecule has 0 saturated carbocycles. The first kappa shape index (κ1) is 17.4. The Morgan fingerprint density at radius 1 is 0.815 bits per heavy atom. The Bertz CT molecular complexity index is 963. The molecule has 1 heterocycles. The van der Waals surface area contributed by atoms with Crippen molar-refractivity contribution in [1.82, 2.24) is 14.8 Å². The van der Waals surface area contributed by atoms with Gasteiger partial charge in [-0.1, -0.05) is 84.6 Å². The van der Waals surface area contributed by atoms with Crippen LogP contribution in [0.15, 0.2) is 96.4 Å². The lowest BCUT2D eigenvalue weighted by atomic mass is 10.0. The van der Waals surface area contributed by atoms with Gasteiger partial charge >= 0.3 is 0 Å². The summed E-state index contributed by atoms with van der Waals surface area (Å²) in [5.41, 5.74) is 3.37. The van der Waals surface area contributed by atoms with E-state index in [1.165, 1.54) is 11.1 Å². The van der Waals surface area contributed by atoms with Gasteiger partial charge in [0.25, 0.3) is 0 Å². The van der Waals surface area contributed by atoms with Gasteiger partial charge in [0.2, 0.25) is 0 Å². The van der Waals surface area contributed by atoms with Crippen LogP contribution in [0.5, 0.6) is 5.75 Å². The van der Waals surface area contributed by atoms with E-state index in [0.717, 1.165) is 16.6 Å². The third kappa shape index (κ3) is 3.73. The van der Waals surface area contributed by atoms with Gasteiger partial charge in [-0.05, 0) is 23.3 Å². The zero-order chi connectivity index (χ0) is 18.5. The zero-order valence-corrected chi connectivity index (χ0v) is 15.7. The van der Waals surface area contributed by atoms with Gasteiger partial charge in [-0.15, -0.1) is 10.2 Å². The molecule has 134 valence electrons. The van der Waals surface area contributed by atoms with E-state index in [1.807, 2.05) is 41.0 Å². The number of thioether (sulfide) groups is 1. The van der Waals surface area contributed by atoms with Gasteiger partial charge in [0.15, 0.2) is 5.16 Å². The van der Waals surface area contributed by atoms with E-state index in [1.54, 1.807) is 25.2 Å². The largest absolute Gasteiger partial charge is 0.495 e. The maximum atomic E-state index is 5.51. The van der Waals surface area contributed by atoms with Gasteiger partial charge in [0.1, 0.15) is 12.1 Å². The minimum atomic E-state index is 0.116. The molecule has 0 amide bonds. The number of hydrogen-bond donors (Lipinski definition) is 0. The minimum Gasteiger partial charge on any atom is -0.495 e. The zero-order valence-electron chi connectivity index (χ0n) is 14.9. The van der Waals surface area contributed by atoms with Crippen molar-refractivity contribution < 1.29 is 4.74 Å². The van der Waals surface area contributed by atoms with Crippen LogP contribution in [-0.2, 0) is 0 Å². The molecular weight excluding hydrogens is 354 g/mol. The first-order valence-corrected chi connectivity index (χ1v) is 9.55.